The monoisotopic (exact) mass is 371 g/mol. The molecule has 5 nitrogen and oxygen atoms in total. The molecule has 0 aromatic heterocycles. The summed E-state index contributed by atoms with van der Waals surface area (Å²) in [6.45, 7) is 4.92. The summed E-state index contributed by atoms with van der Waals surface area (Å²) < 4.78 is 5.80. The molecule has 2 saturated heterocycles. The van der Waals surface area contributed by atoms with Gasteiger partial charge < -0.3 is 15.4 Å². The van der Waals surface area contributed by atoms with Crippen molar-refractivity contribution in [1.82, 2.24) is 15.5 Å². The summed E-state index contributed by atoms with van der Waals surface area (Å²) in [6.07, 6.45) is 7.20. The summed E-state index contributed by atoms with van der Waals surface area (Å²) in [6, 6.07) is 11.0. The normalized spacial score (nSPS) is 29.3. The number of urea groups is 1. The zero-order chi connectivity index (χ0) is 18.5. The predicted molar refractivity (Wildman–Crippen MR) is 106 cm³/mol. The highest BCUT2D eigenvalue weighted by atomic mass is 16.5. The zero-order valence-electron chi connectivity index (χ0n) is 16.2. The van der Waals surface area contributed by atoms with Crippen LogP contribution in [0.5, 0.6) is 0 Å². The van der Waals surface area contributed by atoms with Gasteiger partial charge in [-0.3, -0.25) is 4.90 Å². The van der Waals surface area contributed by atoms with Crippen LogP contribution in [0.4, 0.5) is 4.79 Å². The van der Waals surface area contributed by atoms with Crippen LogP contribution in [0.25, 0.3) is 0 Å². The Bertz CT molecular complexity index is 601. The highest BCUT2D eigenvalue weighted by Gasteiger charge is 2.38. The largest absolute Gasteiger partial charge is 0.378 e. The molecule has 1 aromatic carbocycles. The predicted octanol–water partition coefficient (Wildman–Crippen LogP) is 3.16. The summed E-state index contributed by atoms with van der Waals surface area (Å²) >= 11 is 0. The number of carbonyl (C=O) groups is 1. The van der Waals surface area contributed by atoms with Gasteiger partial charge >= 0.3 is 6.03 Å². The van der Waals surface area contributed by atoms with Gasteiger partial charge in [0.05, 0.1) is 6.10 Å². The number of carbonyl (C=O) groups excluding carboxylic acids is 1. The van der Waals surface area contributed by atoms with Crippen LogP contribution in [-0.4, -0.2) is 49.3 Å². The quantitative estimate of drug-likeness (QED) is 0.836. The van der Waals surface area contributed by atoms with Gasteiger partial charge in [0.15, 0.2) is 0 Å². The van der Waals surface area contributed by atoms with E-state index in [0.717, 1.165) is 71.3 Å². The maximum Gasteiger partial charge on any atom is 0.315 e. The second-order valence-electron chi connectivity index (χ2n) is 8.46. The van der Waals surface area contributed by atoms with Gasteiger partial charge in [-0.05, 0) is 63.1 Å². The molecule has 1 aromatic rings. The van der Waals surface area contributed by atoms with Crippen LogP contribution >= 0.6 is 0 Å². The summed E-state index contributed by atoms with van der Waals surface area (Å²) in [5.41, 5.74) is 1.38. The van der Waals surface area contributed by atoms with Crippen molar-refractivity contribution in [1.29, 1.82) is 0 Å². The maximum absolute atomic E-state index is 12.4. The standard InChI is InChI=1S/C22H33N3O2/c26-22(24-20-7-4-8-21-19(20)11-14-27-21)23-15-17-9-12-25(13-10-17)16-18-5-2-1-3-6-18/h1-3,5-6,17,19-21H,4,7-16H2,(H2,23,24,26). The van der Waals surface area contributed by atoms with Crippen molar-refractivity contribution >= 4 is 6.03 Å². The fraction of sp³-hybridized carbons (Fsp3) is 0.682. The number of ether oxygens (including phenoxy) is 1. The van der Waals surface area contributed by atoms with Crippen LogP contribution in [0.3, 0.4) is 0 Å². The van der Waals surface area contributed by atoms with Gasteiger partial charge in [-0.15, -0.1) is 0 Å². The molecule has 3 unspecified atom stereocenters. The van der Waals surface area contributed by atoms with Crippen molar-refractivity contribution in [2.75, 3.05) is 26.2 Å². The van der Waals surface area contributed by atoms with E-state index in [2.05, 4.69) is 45.9 Å². The molecule has 0 bridgehead atoms. The number of hydrogen-bond donors (Lipinski definition) is 2. The Morgan fingerprint density at radius 2 is 1.89 bits per heavy atom. The molecule has 0 radical (unpaired) electrons. The van der Waals surface area contributed by atoms with E-state index in [0.29, 0.717) is 24.0 Å². The Balaban J connectivity index is 1.15. The highest BCUT2D eigenvalue weighted by molar-refractivity contribution is 5.74. The summed E-state index contributed by atoms with van der Waals surface area (Å²) in [5, 5.41) is 6.37. The number of rotatable bonds is 5. The summed E-state index contributed by atoms with van der Waals surface area (Å²) in [5.74, 6) is 1.11. The molecule has 2 N–H and O–H groups in total. The van der Waals surface area contributed by atoms with Crippen molar-refractivity contribution in [3.05, 3.63) is 35.9 Å². The van der Waals surface area contributed by atoms with Crippen LogP contribution in [0.15, 0.2) is 30.3 Å². The van der Waals surface area contributed by atoms with Crippen molar-refractivity contribution in [2.45, 2.75) is 57.2 Å². The lowest BCUT2D eigenvalue weighted by atomic mass is 9.82. The number of likely N-dealkylation sites (tertiary alicyclic amines) is 1. The molecule has 3 atom stereocenters. The minimum atomic E-state index is 0.0132. The van der Waals surface area contributed by atoms with Crippen LogP contribution in [0, 0.1) is 11.8 Å². The Hall–Kier alpha value is -1.59. The highest BCUT2D eigenvalue weighted by Crippen LogP contribution is 2.34. The van der Waals surface area contributed by atoms with Crippen LogP contribution in [-0.2, 0) is 11.3 Å². The zero-order valence-corrected chi connectivity index (χ0v) is 16.2. The second kappa shape index (κ2) is 9.07. The van der Waals surface area contributed by atoms with Crippen molar-refractivity contribution < 1.29 is 9.53 Å². The smallest absolute Gasteiger partial charge is 0.315 e. The van der Waals surface area contributed by atoms with Gasteiger partial charge in [-0.2, -0.15) is 0 Å². The van der Waals surface area contributed by atoms with E-state index in [1.54, 1.807) is 0 Å². The molecule has 4 rings (SSSR count). The van der Waals surface area contributed by atoms with E-state index in [-0.39, 0.29) is 6.03 Å². The molecule has 1 saturated carbocycles. The van der Waals surface area contributed by atoms with Crippen molar-refractivity contribution in [3.63, 3.8) is 0 Å². The van der Waals surface area contributed by atoms with Crippen molar-refractivity contribution in [2.24, 2.45) is 11.8 Å². The third kappa shape index (κ3) is 5.02. The van der Waals surface area contributed by atoms with Crippen LogP contribution < -0.4 is 10.6 Å². The fourth-order valence-electron chi connectivity index (χ4n) is 5.00. The van der Waals surface area contributed by atoms with E-state index in [4.69, 9.17) is 4.74 Å². The molecule has 0 spiro atoms. The van der Waals surface area contributed by atoms with Gasteiger partial charge in [0, 0.05) is 31.7 Å². The topological polar surface area (TPSA) is 53.6 Å². The van der Waals surface area contributed by atoms with Crippen LogP contribution in [0.2, 0.25) is 0 Å². The molecular formula is C22H33N3O2. The molecule has 2 amide bonds. The van der Waals surface area contributed by atoms with Gasteiger partial charge in [-0.25, -0.2) is 4.79 Å². The SMILES string of the molecule is O=C(NCC1CCN(Cc2ccccc2)CC1)NC1CCCC2OCCC12. The lowest BCUT2D eigenvalue weighted by molar-refractivity contribution is 0.0549. The van der Waals surface area contributed by atoms with Gasteiger partial charge in [0.1, 0.15) is 0 Å². The van der Waals surface area contributed by atoms with Gasteiger partial charge in [-0.1, -0.05) is 30.3 Å². The summed E-state index contributed by atoms with van der Waals surface area (Å²) in [4.78, 5) is 14.9. The lowest BCUT2D eigenvalue weighted by Crippen LogP contribution is -2.50. The molecular weight excluding hydrogens is 338 g/mol. The van der Waals surface area contributed by atoms with E-state index in [9.17, 15) is 4.79 Å². The first-order chi connectivity index (χ1) is 13.3. The van der Waals surface area contributed by atoms with E-state index < -0.39 is 0 Å². The van der Waals surface area contributed by atoms with Crippen LogP contribution in [0.1, 0.15) is 44.1 Å². The third-order valence-electron chi connectivity index (χ3n) is 6.61. The minimum Gasteiger partial charge on any atom is -0.378 e. The number of benzene rings is 1. The van der Waals surface area contributed by atoms with Crippen molar-refractivity contribution in [3.8, 4) is 0 Å². The van der Waals surface area contributed by atoms with E-state index >= 15 is 0 Å². The molecule has 27 heavy (non-hydrogen) atoms. The number of piperidine rings is 1. The minimum absolute atomic E-state index is 0.0132. The molecule has 5 heteroatoms. The Labute approximate surface area is 162 Å². The first-order valence-electron chi connectivity index (χ1n) is 10.7. The number of nitrogens with zero attached hydrogens (tertiary/aromatic N) is 1. The number of nitrogens with one attached hydrogen (secondary N) is 2. The Kier molecular flexibility index (Phi) is 6.30. The average Bonchev–Trinajstić information content (AvgIpc) is 3.18. The van der Waals surface area contributed by atoms with Gasteiger partial charge in [0.2, 0.25) is 0 Å². The Morgan fingerprint density at radius 3 is 2.70 bits per heavy atom. The first-order valence-corrected chi connectivity index (χ1v) is 10.7. The maximum atomic E-state index is 12.4. The molecule has 148 valence electrons. The molecule has 3 aliphatic rings. The average molecular weight is 372 g/mol. The fourth-order valence-corrected chi connectivity index (χ4v) is 5.00. The summed E-state index contributed by atoms with van der Waals surface area (Å²) in [7, 11) is 0. The third-order valence-corrected chi connectivity index (χ3v) is 6.61. The van der Waals surface area contributed by atoms with E-state index in [1.807, 2.05) is 0 Å². The second-order valence-corrected chi connectivity index (χ2v) is 8.46. The lowest BCUT2D eigenvalue weighted by Gasteiger charge is -2.34. The van der Waals surface area contributed by atoms with Gasteiger partial charge in [0.25, 0.3) is 0 Å². The Morgan fingerprint density at radius 1 is 1.07 bits per heavy atom. The number of hydrogen-bond acceptors (Lipinski definition) is 3. The van der Waals surface area contributed by atoms with E-state index in [1.165, 1.54) is 5.56 Å². The molecule has 2 heterocycles. The molecule has 1 aliphatic carbocycles. The number of fused-ring (bicyclic) bond motifs is 1. The molecule has 2 aliphatic heterocycles. The first kappa shape index (κ1) is 18.8. The molecule has 3 fully saturated rings. The number of amides is 2.